The molecule has 0 radical (unpaired) electrons. The normalized spacial score (nSPS) is 14.7. The molecular weight excluding hydrogens is 503 g/mol. The highest BCUT2D eigenvalue weighted by molar-refractivity contribution is 6.39. The van der Waals surface area contributed by atoms with Crippen molar-refractivity contribution < 1.29 is 23.9 Å². The highest BCUT2D eigenvalue weighted by Gasteiger charge is 2.37. The summed E-state index contributed by atoms with van der Waals surface area (Å²) in [7, 11) is 0. The standard InChI is InChI=1S/C27H22Cl2N2O5/c1-3-35-23-14-17(13-21(29)24(23)36-15-18-9-5-6-10-20(18)28)12-19-25(32)30-27(34)31(26(19)33)22-11-7-4-8-16(22)2/h4-14H,3,15H2,1-2H3,(H,30,32,34)/b19-12+. The molecular formula is C27H22Cl2N2O5. The molecule has 1 aliphatic heterocycles. The fourth-order valence-electron chi connectivity index (χ4n) is 3.70. The second-order valence-electron chi connectivity index (χ2n) is 7.89. The van der Waals surface area contributed by atoms with Gasteiger partial charge in [-0.2, -0.15) is 0 Å². The smallest absolute Gasteiger partial charge is 0.335 e. The maximum atomic E-state index is 13.2. The van der Waals surface area contributed by atoms with Crippen LogP contribution in [0, 0.1) is 6.92 Å². The van der Waals surface area contributed by atoms with E-state index in [1.54, 1.807) is 56.3 Å². The first kappa shape index (κ1) is 25.3. The predicted molar refractivity (Wildman–Crippen MR) is 139 cm³/mol. The van der Waals surface area contributed by atoms with E-state index in [1.807, 2.05) is 18.2 Å². The fourth-order valence-corrected chi connectivity index (χ4v) is 4.16. The van der Waals surface area contributed by atoms with E-state index in [-0.39, 0.29) is 17.2 Å². The molecule has 0 aromatic heterocycles. The number of hydrogen-bond donors (Lipinski definition) is 1. The summed E-state index contributed by atoms with van der Waals surface area (Å²) in [5, 5.41) is 3.00. The maximum Gasteiger partial charge on any atom is 0.335 e. The van der Waals surface area contributed by atoms with Gasteiger partial charge in [-0.25, -0.2) is 9.69 Å². The van der Waals surface area contributed by atoms with E-state index < -0.39 is 17.8 Å². The number of urea groups is 1. The number of nitrogens with one attached hydrogen (secondary N) is 1. The number of barbiturate groups is 1. The SMILES string of the molecule is CCOc1cc(/C=C2\C(=O)NC(=O)N(c3ccccc3C)C2=O)cc(Cl)c1OCc1ccccc1Cl. The second kappa shape index (κ2) is 10.8. The number of para-hydroxylation sites is 1. The molecule has 0 unspecified atom stereocenters. The molecule has 1 fully saturated rings. The van der Waals surface area contributed by atoms with Crippen molar-refractivity contribution >= 4 is 52.8 Å². The van der Waals surface area contributed by atoms with E-state index in [4.69, 9.17) is 32.7 Å². The van der Waals surface area contributed by atoms with Gasteiger partial charge in [-0.1, -0.05) is 59.6 Å². The van der Waals surface area contributed by atoms with Crippen LogP contribution in [0.25, 0.3) is 6.08 Å². The fraction of sp³-hybridized carbons (Fsp3) is 0.148. The van der Waals surface area contributed by atoms with Gasteiger partial charge in [-0.15, -0.1) is 0 Å². The van der Waals surface area contributed by atoms with E-state index in [2.05, 4.69) is 5.32 Å². The number of amides is 4. The molecule has 1 aliphatic rings. The van der Waals surface area contributed by atoms with E-state index in [1.165, 1.54) is 6.08 Å². The van der Waals surface area contributed by atoms with Crippen LogP contribution < -0.4 is 19.7 Å². The average Bonchev–Trinajstić information content (AvgIpc) is 2.83. The quantitative estimate of drug-likeness (QED) is 0.305. The van der Waals surface area contributed by atoms with Crippen LogP contribution in [0.5, 0.6) is 11.5 Å². The van der Waals surface area contributed by atoms with Gasteiger partial charge in [0, 0.05) is 10.6 Å². The number of imide groups is 2. The lowest BCUT2D eigenvalue weighted by Gasteiger charge is -2.27. The summed E-state index contributed by atoms with van der Waals surface area (Å²) in [6, 6.07) is 16.5. The zero-order chi connectivity index (χ0) is 25.8. The first-order valence-corrected chi connectivity index (χ1v) is 11.9. The molecule has 9 heteroatoms. The van der Waals surface area contributed by atoms with Crippen molar-refractivity contribution in [2.75, 3.05) is 11.5 Å². The Morgan fingerprint density at radius 2 is 1.67 bits per heavy atom. The minimum atomic E-state index is -0.812. The molecule has 1 N–H and O–H groups in total. The molecule has 4 amide bonds. The Hall–Kier alpha value is -3.81. The van der Waals surface area contributed by atoms with Gasteiger partial charge in [0.1, 0.15) is 12.2 Å². The molecule has 7 nitrogen and oxygen atoms in total. The van der Waals surface area contributed by atoms with Crippen molar-refractivity contribution in [2.45, 2.75) is 20.5 Å². The summed E-state index contributed by atoms with van der Waals surface area (Å²) in [4.78, 5) is 39.3. The Labute approximate surface area is 218 Å². The van der Waals surface area contributed by atoms with Crippen LogP contribution in [0.15, 0.2) is 66.2 Å². The topological polar surface area (TPSA) is 84.9 Å². The van der Waals surface area contributed by atoms with Gasteiger partial charge in [0.05, 0.1) is 17.3 Å². The number of aryl methyl sites for hydroxylation is 1. The van der Waals surface area contributed by atoms with E-state index in [0.29, 0.717) is 39.9 Å². The first-order chi connectivity index (χ1) is 17.3. The summed E-state index contributed by atoms with van der Waals surface area (Å²) in [5.74, 6) is -0.912. The minimum Gasteiger partial charge on any atom is -0.490 e. The molecule has 36 heavy (non-hydrogen) atoms. The van der Waals surface area contributed by atoms with Crippen LogP contribution in [0.4, 0.5) is 10.5 Å². The molecule has 3 aromatic rings. The molecule has 1 heterocycles. The number of hydrogen-bond acceptors (Lipinski definition) is 5. The highest BCUT2D eigenvalue weighted by Crippen LogP contribution is 2.38. The van der Waals surface area contributed by atoms with Crippen molar-refractivity contribution in [3.63, 3.8) is 0 Å². The number of benzene rings is 3. The molecule has 184 valence electrons. The summed E-state index contributed by atoms with van der Waals surface area (Å²) in [6.07, 6.45) is 1.36. The summed E-state index contributed by atoms with van der Waals surface area (Å²) < 4.78 is 11.6. The van der Waals surface area contributed by atoms with Crippen molar-refractivity contribution in [3.05, 3.63) is 93.0 Å². The van der Waals surface area contributed by atoms with Crippen LogP contribution >= 0.6 is 23.2 Å². The molecule has 0 saturated carbocycles. The van der Waals surface area contributed by atoms with Crippen LogP contribution in [0.3, 0.4) is 0 Å². The molecule has 0 atom stereocenters. The van der Waals surface area contributed by atoms with Crippen LogP contribution in [-0.2, 0) is 16.2 Å². The van der Waals surface area contributed by atoms with E-state index in [9.17, 15) is 14.4 Å². The summed E-state index contributed by atoms with van der Waals surface area (Å²) in [5.41, 5.74) is 2.06. The van der Waals surface area contributed by atoms with Gasteiger partial charge in [-0.05, 0) is 55.3 Å². The lowest BCUT2D eigenvalue weighted by atomic mass is 10.1. The van der Waals surface area contributed by atoms with Gasteiger partial charge < -0.3 is 9.47 Å². The van der Waals surface area contributed by atoms with Crippen LogP contribution in [-0.4, -0.2) is 24.5 Å². The average molecular weight is 525 g/mol. The third kappa shape index (κ3) is 5.22. The first-order valence-electron chi connectivity index (χ1n) is 11.1. The van der Waals surface area contributed by atoms with Crippen LogP contribution in [0.1, 0.15) is 23.6 Å². The number of carbonyl (C=O) groups is 3. The lowest BCUT2D eigenvalue weighted by Crippen LogP contribution is -2.54. The van der Waals surface area contributed by atoms with Crippen molar-refractivity contribution in [1.29, 1.82) is 0 Å². The molecule has 0 spiro atoms. The van der Waals surface area contributed by atoms with Crippen molar-refractivity contribution in [2.24, 2.45) is 0 Å². The Balaban J connectivity index is 1.68. The zero-order valence-electron chi connectivity index (χ0n) is 19.5. The largest absolute Gasteiger partial charge is 0.490 e. The third-order valence-corrected chi connectivity index (χ3v) is 6.08. The third-order valence-electron chi connectivity index (χ3n) is 5.43. The van der Waals surface area contributed by atoms with Gasteiger partial charge >= 0.3 is 6.03 Å². The summed E-state index contributed by atoms with van der Waals surface area (Å²) in [6.45, 7) is 4.06. The minimum absolute atomic E-state index is 0.161. The number of halogens is 2. The Morgan fingerprint density at radius 3 is 2.39 bits per heavy atom. The number of anilines is 1. The number of nitrogens with zero attached hydrogens (tertiary/aromatic N) is 1. The van der Waals surface area contributed by atoms with E-state index in [0.717, 1.165) is 10.5 Å². The molecule has 3 aromatic carbocycles. The van der Waals surface area contributed by atoms with Gasteiger partial charge in [0.2, 0.25) is 0 Å². The maximum absolute atomic E-state index is 13.2. The van der Waals surface area contributed by atoms with Gasteiger partial charge in [-0.3, -0.25) is 14.9 Å². The van der Waals surface area contributed by atoms with Crippen molar-refractivity contribution in [3.8, 4) is 11.5 Å². The zero-order valence-corrected chi connectivity index (χ0v) is 21.0. The molecule has 4 rings (SSSR count). The highest BCUT2D eigenvalue weighted by atomic mass is 35.5. The molecule has 0 bridgehead atoms. The van der Waals surface area contributed by atoms with E-state index >= 15 is 0 Å². The number of rotatable bonds is 7. The monoisotopic (exact) mass is 524 g/mol. The molecule has 0 aliphatic carbocycles. The second-order valence-corrected chi connectivity index (χ2v) is 8.70. The van der Waals surface area contributed by atoms with Gasteiger partial charge in [0.15, 0.2) is 11.5 Å². The lowest BCUT2D eigenvalue weighted by molar-refractivity contribution is -0.122. The Kier molecular flexibility index (Phi) is 7.62. The molecule has 1 saturated heterocycles. The number of carbonyl (C=O) groups excluding carboxylic acids is 3. The van der Waals surface area contributed by atoms with Gasteiger partial charge in [0.25, 0.3) is 11.8 Å². The van der Waals surface area contributed by atoms with Crippen LogP contribution in [0.2, 0.25) is 10.0 Å². The van der Waals surface area contributed by atoms with Crippen molar-refractivity contribution in [1.82, 2.24) is 5.32 Å². The Morgan fingerprint density at radius 1 is 0.944 bits per heavy atom. The number of ether oxygens (including phenoxy) is 2. The predicted octanol–water partition coefficient (Wildman–Crippen LogP) is 5.95. The Bertz CT molecular complexity index is 1390. The summed E-state index contributed by atoms with van der Waals surface area (Å²) >= 11 is 12.7.